The minimum absolute atomic E-state index is 0.143. The second-order valence-corrected chi connectivity index (χ2v) is 7.35. The first-order chi connectivity index (χ1) is 13.0. The highest BCUT2D eigenvalue weighted by molar-refractivity contribution is 8.00. The number of amides is 2. The van der Waals surface area contributed by atoms with E-state index in [9.17, 15) is 9.59 Å². The van der Waals surface area contributed by atoms with Gasteiger partial charge in [-0.1, -0.05) is 42.1 Å². The molecule has 0 bridgehead atoms. The Hall–Kier alpha value is -3.06. The summed E-state index contributed by atoms with van der Waals surface area (Å²) in [5.41, 5.74) is 8.30. The van der Waals surface area contributed by atoms with Gasteiger partial charge in [-0.15, -0.1) is 0 Å². The van der Waals surface area contributed by atoms with E-state index in [0.717, 1.165) is 16.4 Å². The molecule has 138 valence electrons. The van der Waals surface area contributed by atoms with Crippen LogP contribution in [0.3, 0.4) is 0 Å². The van der Waals surface area contributed by atoms with Crippen molar-refractivity contribution in [3.63, 3.8) is 0 Å². The van der Waals surface area contributed by atoms with E-state index in [1.807, 2.05) is 55.1 Å². The Labute approximate surface area is 161 Å². The number of aromatic nitrogens is 2. The van der Waals surface area contributed by atoms with Crippen LogP contribution in [0.25, 0.3) is 11.3 Å². The van der Waals surface area contributed by atoms with Crippen LogP contribution in [0.2, 0.25) is 0 Å². The normalized spacial score (nSPS) is 11.8. The maximum absolute atomic E-state index is 12.5. The molecule has 0 saturated heterocycles. The molecular weight excluding hydrogens is 360 g/mol. The number of primary amides is 1. The molecule has 3 rings (SSSR count). The van der Waals surface area contributed by atoms with E-state index >= 15 is 0 Å². The van der Waals surface area contributed by atoms with Crippen molar-refractivity contribution in [2.24, 2.45) is 12.8 Å². The molecule has 1 unspecified atom stereocenters. The number of nitrogens with two attached hydrogens (primary N) is 1. The van der Waals surface area contributed by atoms with Gasteiger partial charge in [-0.2, -0.15) is 0 Å². The highest BCUT2D eigenvalue weighted by atomic mass is 32.2. The SMILES string of the molecule is CC(Sc1ncc(-c2ccccc2)n1C)C(=O)Nc1ccc(C(N)=O)cc1. The van der Waals surface area contributed by atoms with Crippen LogP contribution in [-0.4, -0.2) is 26.6 Å². The van der Waals surface area contributed by atoms with Gasteiger partial charge in [0.1, 0.15) is 0 Å². The fourth-order valence-electron chi connectivity index (χ4n) is 2.55. The van der Waals surface area contributed by atoms with Gasteiger partial charge in [0, 0.05) is 18.3 Å². The molecule has 0 aliphatic heterocycles. The predicted molar refractivity (Wildman–Crippen MR) is 108 cm³/mol. The van der Waals surface area contributed by atoms with Crippen molar-refractivity contribution in [1.29, 1.82) is 0 Å². The average Bonchev–Trinajstić information content (AvgIpc) is 3.03. The third-order valence-corrected chi connectivity index (χ3v) is 5.26. The number of hydrogen-bond acceptors (Lipinski definition) is 4. The number of anilines is 1. The van der Waals surface area contributed by atoms with E-state index in [2.05, 4.69) is 10.3 Å². The summed E-state index contributed by atoms with van der Waals surface area (Å²) in [6, 6.07) is 16.5. The molecule has 0 aliphatic carbocycles. The van der Waals surface area contributed by atoms with Crippen LogP contribution in [0.15, 0.2) is 66.0 Å². The third-order valence-electron chi connectivity index (χ3n) is 4.10. The number of thioether (sulfide) groups is 1. The smallest absolute Gasteiger partial charge is 0.248 e. The van der Waals surface area contributed by atoms with Gasteiger partial charge >= 0.3 is 0 Å². The van der Waals surface area contributed by atoms with Gasteiger partial charge in [0.15, 0.2) is 5.16 Å². The lowest BCUT2D eigenvalue weighted by molar-refractivity contribution is -0.115. The lowest BCUT2D eigenvalue weighted by atomic mass is 10.2. The molecule has 0 fully saturated rings. The number of benzene rings is 2. The topological polar surface area (TPSA) is 90.0 Å². The van der Waals surface area contributed by atoms with E-state index < -0.39 is 5.91 Å². The summed E-state index contributed by atoms with van der Waals surface area (Å²) < 4.78 is 1.98. The number of hydrogen-bond donors (Lipinski definition) is 2. The first-order valence-electron chi connectivity index (χ1n) is 8.40. The van der Waals surface area contributed by atoms with Crippen LogP contribution >= 0.6 is 11.8 Å². The molecule has 1 heterocycles. The molecule has 7 heteroatoms. The molecule has 0 radical (unpaired) electrons. The Morgan fingerprint density at radius 3 is 2.41 bits per heavy atom. The van der Waals surface area contributed by atoms with Crippen LogP contribution in [0.4, 0.5) is 5.69 Å². The Morgan fingerprint density at radius 2 is 1.78 bits per heavy atom. The number of carbonyl (C=O) groups is 2. The zero-order valence-corrected chi connectivity index (χ0v) is 15.9. The standard InChI is InChI=1S/C20H20N4O2S/c1-13(19(26)23-16-10-8-15(9-11-16)18(21)25)27-20-22-12-17(24(20)2)14-6-4-3-5-7-14/h3-13H,1-2H3,(H2,21,25)(H,23,26). The Balaban J connectivity index is 1.66. The molecule has 0 spiro atoms. The van der Waals surface area contributed by atoms with Gasteiger partial charge < -0.3 is 15.6 Å². The predicted octanol–water partition coefficient (Wildman–Crippen LogP) is 3.31. The minimum atomic E-state index is -0.499. The molecule has 27 heavy (non-hydrogen) atoms. The monoisotopic (exact) mass is 380 g/mol. The molecule has 0 aliphatic rings. The molecule has 3 aromatic rings. The largest absolute Gasteiger partial charge is 0.366 e. The lowest BCUT2D eigenvalue weighted by Gasteiger charge is -2.12. The molecule has 1 atom stereocenters. The molecule has 2 amide bonds. The summed E-state index contributed by atoms with van der Waals surface area (Å²) >= 11 is 1.39. The Kier molecular flexibility index (Phi) is 5.61. The highest BCUT2D eigenvalue weighted by Crippen LogP contribution is 2.27. The van der Waals surface area contributed by atoms with Gasteiger partial charge in [0.25, 0.3) is 0 Å². The Morgan fingerprint density at radius 1 is 1.11 bits per heavy atom. The minimum Gasteiger partial charge on any atom is -0.366 e. The van der Waals surface area contributed by atoms with Crippen molar-refractivity contribution >= 4 is 29.3 Å². The number of nitrogens with one attached hydrogen (secondary N) is 1. The van der Waals surface area contributed by atoms with Gasteiger partial charge in [-0.05, 0) is 36.8 Å². The molecule has 6 nitrogen and oxygen atoms in total. The fourth-order valence-corrected chi connectivity index (χ4v) is 3.40. The van der Waals surface area contributed by atoms with Crippen molar-refractivity contribution in [3.8, 4) is 11.3 Å². The van der Waals surface area contributed by atoms with Gasteiger partial charge in [0.2, 0.25) is 11.8 Å². The van der Waals surface area contributed by atoms with E-state index in [-0.39, 0.29) is 11.2 Å². The highest BCUT2D eigenvalue weighted by Gasteiger charge is 2.18. The number of rotatable bonds is 6. The molecule has 3 N–H and O–H groups in total. The molecule has 2 aromatic carbocycles. The molecule has 1 aromatic heterocycles. The van der Waals surface area contributed by atoms with Gasteiger partial charge in [-0.3, -0.25) is 9.59 Å². The summed E-state index contributed by atoms with van der Waals surface area (Å²) in [7, 11) is 1.94. The van der Waals surface area contributed by atoms with Crippen LogP contribution < -0.4 is 11.1 Å². The fraction of sp³-hybridized carbons (Fsp3) is 0.150. The quantitative estimate of drug-likeness (QED) is 0.642. The van der Waals surface area contributed by atoms with Crippen LogP contribution in [-0.2, 0) is 11.8 Å². The van der Waals surface area contributed by atoms with Crippen molar-refractivity contribution in [2.75, 3.05) is 5.32 Å². The van der Waals surface area contributed by atoms with Crippen molar-refractivity contribution < 1.29 is 9.59 Å². The van der Waals surface area contributed by atoms with E-state index in [0.29, 0.717) is 11.3 Å². The lowest BCUT2D eigenvalue weighted by Crippen LogP contribution is -2.23. The van der Waals surface area contributed by atoms with Crippen molar-refractivity contribution in [3.05, 3.63) is 66.4 Å². The van der Waals surface area contributed by atoms with Gasteiger partial charge in [0.05, 0.1) is 17.1 Å². The average molecular weight is 380 g/mol. The first-order valence-corrected chi connectivity index (χ1v) is 9.28. The number of carbonyl (C=O) groups excluding carboxylic acids is 2. The summed E-state index contributed by atoms with van der Waals surface area (Å²) in [5, 5.41) is 3.26. The van der Waals surface area contributed by atoms with Crippen LogP contribution in [0.5, 0.6) is 0 Å². The van der Waals surface area contributed by atoms with Crippen molar-refractivity contribution in [1.82, 2.24) is 9.55 Å². The van der Waals surface area contributed by atoms with Crippen LogP contribution in [0.1, 0.15) is 17.3 Å². The maximum atomic E-state index is 12.5. The van der Waals surface area contributed by atoms with E-state index in [1.165, 1.54) is 11.8 Å². The zero-order valence-electron chi connectivity index (χ0n) is 15.0. The molecule has 0 saturated carbocycles. The first kappa shape index (κ1) is 18.7. The number of imidazole rings is 1. The summed E-state index contributed by atoms with van der Waals surface area (Å²) in [6.45, 7) is 1.83. The van der Waals surface area contributed by atoms with Crippen molar-refractivity contribution in [2.45, 2.75) is 17.3 Å². The van der Waals surface area contributed by atoms with Crippen LogP contribution in [0, 0.1) is 0 Å². The third kappa shape index (κ3) is 4.38. The molecular formula is C20H20N4O2S. The summed E-state index contributed by atoms with van der Waals surface area (Å²) in [6.07, 6.45) is 1.81. The maximum Gasteiger partial charge on any atom is 0.248 e. The second-order valence-electron chi connectivity index (χ2n) is 6.04. The summed E-state index contributed by atoms with van der Waals surface area (Å²) in [5.74, 6) is -0.642. The van der Waals surface area contributed by atoms with Gasteiger partial charge in [-0.25, -0.2) is 4.98 Å². The zero-order chi connectivity index (χ0) is 19.4. The Bertz CT molecular complexity index is 952. The van der Waals surface area contributed by atoms with E-state index in [1.54, 1.807) is 24.3 Å². The summed E-state index contributed by atoms with van der Waals surface area (Å²) in [4.78, 5) is 28.0. The second kappa shape index (κ2) is 8.09. The number of nitrogens with zero attached hydrogens (tertiary/aromatic N) is 2. The van der Waals surface area contributed by atoms with E-state index in [4.69, 9.17) is 5.73 Å².